The second-order valence-electron chi connectivity index (χ2n) is 4.06. The average Bonchev–Trinajstić information content (AvgIpc) is 2.47. The molecule has 0 aliphatic heterocycles. The number of anilines is 1. The lowest BCUT2D eigenvalue weighted by molar-refractivity contribution is -0.383. The van der Waals surface area contributed by atoms with Crippen LogP contribution in [0, 0.1) is 10.1 Å². The maximum absolute atomic E-state index is 12.2. The Balaban J connectivity index is 2.45. The Labute approximate surface area is 121 Å². The molecule has 21 heavy (non-hydrogen) atoms. The normalized spacial score (nSPS) is 10.9. The summed E-state index contributed by atoms with van der Waals surface area (Å²) < 4.78 is 31.6. The van der Waals surface area contributed by atoms with Gasteiger partial charge in [0, 0.05) is 12.1 Å². The molecule has 7 nitrogen and oxygen atoms in total. The van der Waals surface area contributed by atoms with E-state index in [0.717, 1.165) is 0 Å². The summed E-state index contributed by atoms with van der Waals surface area (Å²) in [6, 6.07) is 11.4. The van der Waals surface area contributed by atoms with Gasteiger partial charge in [-0.1, -0.05) is 18.2 Å². The first-order valence-electron chi connectivity index (χ1n) is 5.84. The van der Waals surface area contributed by atoms with Crippen LogP contribution in [0.2, 0.25) is 0 Å². The highest BCUT2D eigenvalue weighted by atomic mass is 32.2. The van der Waals surface area contributed by atoms with Crippen LogP contribution in [-0.4, -0.2) is 20.5 Å². The van der Waals surface area contributed by atoms with Gasteiger partial charge in [-0.15, -0.1) is 0 Å². The van der Waals surface area contributed by atoms with E-state index in [9.17, 15) is 18.5 Å². The molecule has 0 heterocycles. The van der Waals surface area contributed by atoms with E-state index in [4.69, 9.17) is 4.74 Å². The summed E-state index contributed by atoms with van der Waals surface area (Å²) >= 11 is 0. The molecule has 0 aromatic heterocycles. The molecule has 0 radical (unpaired) electrons. The van der Waals surface area contributed by atoms with Crippen LogP contribution >= 0.6 is 0 Å². The highest BCUT2D eigenvalue weighted by Crippen LogP contribution is 2.30. The molecule has 0 bridgehead atoms. The second-order valence-corrected chi connectivity index (χ2v) is 5.74. The van der Waals surface area contributed by atoms with Crippen molar-refractivity contribution >= 4 is 21.4 Å². The molecule has 0 aliphatic carbocycles. The molecule has 2 aromatic carbocycles. The molecule has 1 N–H and O–H groups in total. The predicted molar refractivity (Wildman–Crippen MR) is 76.9 cm³/mol. The molecule has 0 amide bonds. The maximum Gasteiger partial charge on any atom is 0.293 e. The number of benzene rings is 2. The van der Waals surface area contributed by atoms with E-state index in [2.05, 4.69) is 4.72 Å². The van der Waals surface area contributed by atoms with Crippen molar-refractivity contribution in [1.29, 1.82) is 0 Å². The van der Waals surface area contributed by atoms with E-state index in [0.29, 0.717) is 5.75 Å². The number of nitro benzene ring substituents is 1. The van der Waals surface area contributed by atoms with Crippen LogP contribution in [0.3, 0.4) is 0 Å². The van der Waals surface area contributed by atoms with Crippen LogP contribution in [0.5, 0.6) is 5.75 Å². The monoisotopic (exact) mass is 308 g/mol. The van der Waals surface area contributed by atoms with Gasteiger partial charge in [-0.05, 0) is 18.2 Å². The maximum atomic E-state index is 12.2. The summed E-state index contributed by atoms with van der Waals surface area (Å²) in [6.45, 7) is 0. The molecule has 0 fully saturated rings. The van der Waals surface area contributed by atoms with Crippen molar-refractivity contribution < 1.29 is 18.1 Å². The SMILES string of the molecule is COc1ccc([N+](=O)[O-])c(NS(=O)(=O)c2ccccc2)c1. The van der Waals surface area contributed by atoms with Gasteiger partial charge in [0.05, 0.1) is 16.9 Å². The van der Waals surface area contributed by atoms with E-state index in [1.54, 1.807) is 18.2 Å². The van der Waals surface area contributed by atoms with Crippen molar-refractivity contribution in [3.8, 4) is 5.75 Å². The van der Waals surface area contributed by atoms with Gasteiger partial charge >= 0.3 is 0 Å². The number of methoxy groups -OCH3 is 1. The molecule has 2 rings (SSSR count). The van der Waals surface area contributed by atoms with Crippen molar-refractivity contribution in [2.45, 2.75) is 4.90 Å². The minimum atomic E-state index is -3.90. The van der Waals surface area contributed by atoms with Crippen LogP contribution in [0.15, 0.2) is 53.4 Å². The number of hydrogen-bond donors (Lipinski definition) is 1. The lowest BCUT2D eigenvalue weighted by atomic mass is 10.2. The Hall–Kier alpha value is -2.61. The van der Waals surface area contributed by atoms with Gasteiger partial charge in [0.25, 0.3) is 15.7 Å². The highest BCUT2D eigenvalue weighted by Gasteiger charge is 2.21. The number of nitrogens with one attached hydrogen (secondary N) is 1. The second kappa shape index (κ2) is 5.80. The largest absolute Gasteiger partial charge is 0.497 e. The molecule has 0 atom stereocenters. The summed E-state index contributed by atoms with van der Waals surface area (Å²) in [6.07, 6.45) is 0. The molecule has 0 saturated heterocycles. The van der Waals surface area contributed by atoms with Crippen molar-refractivity contribution in [2.24, 2.45) is 0 Å². The molecule has 110 valence electrons. The van der Waals surface area contributed by atoms with E-state index in [1.165, 1.54) is 37.4 Å². The number of nitrogens with zero attached hydrogens (tertiary/aromatic N) is 1. The summed E-state index contributed by atoms with van der Waals surface area (Å²) in [4.78, 5) is 10.3. The van der Waals surface area contributed by atoms with E-state index >= 15 is 0 Å². The zero-order valence-corrected chi connectivity index (χ0v) is 11.8. The Morgan fingerprint density at radius 3 is 2.38 bits per heavy atom. The molecule has 0 unspecified atom stereocenters. The topological polar surface area (TPSA) is 98.5 Å². The zero-order valence-electron chi connectivity index (χ0n) is 11.0. The van der Waals surface area contributed by atoms with Crippen LogP contribution in [0.4, 0.5) is 11.4 Å². The third-order valence-corrected chi connectivity index (χ3v) is 4.08. The zero-order chi connectivity index (χ0) is 15.5. The number of ether oxygens (including phenoxy) is 1. The van der Waals surface area contributed by atoms with Gasteiger partial charge < -0.3 is 4.74 Å². The molecule has 2 aromatic rings. The Morgan fingerprint density at radius 1 is 1.14 bits per heavy atom. The Kier molecular flexibility index (Phi) is 4.08. The Morgan fingerprint density at radius 2 is 1.81 bits per heavy atom. The third-order valence-electron chi connectivity index (χ3n) is 2.70. The van der Waals surface area contributed by atoms with Crippen molar-refractivity contribution in [2.75, 3.05) is 11.8 Å². The van der Waals surface area contributed by atoms with Gasteiger partial charge in [0.1, 0.15) is 11.4 Å². The van der Waals surface area contributed by atoms with Crippen molar-refractivity contribution in [3.05, 3.63) is 58.6 Å². The smallest absolute Gasteiger partial charge is 0.293 e. The highest BCUT2D eigenvalue weighted by molar-refractivity contribution is 7.92. The lowest BCUT2D eigenvalue weighted by Gasteiger charge is -2.09. The van der Waals surface area contributed by atoms with Crippen LogP contribution < -0.4 is 9.46 Å². The van der Waals surface area contributed by atoms with Gasteiger partial charge in [-0.2, -0.15) is 0 Å². The molecule has 0 aliphatic rings. The molecular weight excluding hydrogens is 296 g/mol. The fraction of sp³-hybridized carbons (Fsp3) is 0.0769. The van der Waals surface area contributed by atoms with Gasteiger partial charge in [-0.3, -0.25) is 14.8 Å². The number of rotatable bonds is 5. The van der Waals surface area contributed by atoms with Gasteiger partial charge in [0.15, 0.2) is 0 Å². The lowest BCUT2D eigenvalue weighted by Crippen LogP contribution is -2.14. The molecule has 8 heteroatoms. The summed E-state index contributed by atoms with van der Waals surface area (Å²) in [5.74, 6) is 0.311. The van der Waals surface area contributed by atoms with Gasteiger partial charge in [0.2, 0.25) is 0 Å². The van der Waals surface area contributed by atoms with Crippen LogP contribution in [-0.2, 0) is 10.0 Å². The van der Waals surface area contributed by atoms with E-state index in [1.807, 2.05) is 0 Å². The van der Waals surface area contributed by atoms with Crippen molar-refractivity contribution in [1.82, 2.24) is 0 Å². The minimum Gasteiger partial charge on any atom is -0.497 e. The fourth-order valence-electron chi connectivity index (χ4n) is 1.69. The van der Waals surface area contributed by atoms with Crippen LogP contribution in [0.25, 0.3) is 0 Å². The first kappa shape index (κ1) is 14.8. The average molecular weight is 308 g/mol. The first-order valence-corrected chi connectivity index (χ1v) is 7.32. The minimum absolute atomic E-state index is 0.0158. The van der Waals surface area contributed by atoms with Crippen molar-refractivity contribution in [3.63, 3.8) is 0 Å². The first-order chi connectivity index (χ1) is 9.94. The van der Waals surface area contributed by atoms with Gasteiger partial charge in [-0.25, -0.2) is 8.42 Å². The number of nitro groups is 1. The molecule has 0 spiro atoms. The number of hydrogen-bond acceptors (Lipinski definition) is 5. The van der Waals surface area contributed by atoms with Crippen LogP contribution in [0.1, 0.15) is 0 Å². The fourth-order valence-corrected chi connectivity index (χ4v) is 2.77. The third kappa shape index (κ3) is 3.29. The summed E-state index contributed by atoms with van der Waals surface area (Å²) in [5, 5.41) is 11.0. The van der Waals surface area contributed by atoms with E-state index in [-0.39, 0.29) is 16.3 Å². The standard InChI is InChI=1S/C13H12N2O5S/c1-20-10-7-8-13(15(16)17)12(9-10)14-21(18,19)11-5-3-2-4-6-11/h2-9,14H,1H3. The molecule has 0 saturated carbocycles. The number of sulfonamides is 1. The summed E-state index contributed by atoms with van der Waals surface area (Å²) in [7, 11) is -2.52. The Bertz CT molecular complexity index is 759. The predicted octanol–water partition coefficient (Wildman–Crippen LogP) is 2.40. The van der Waals surface area contributed by atoms with E-state index < -0.39 is 14.9 Å². The quantitative estimate of drug-likeness (QED) is 0.675. The summed E-state index contributed by atoms with van der Waals surface area (Å²) in [5.41, 5.74) is -0.501. The molecular formula is C13H12N2O5S.